The first-order valence-electron chi connectivity index (χ1n) is 9.01. The maximum atomic E-state index is 12.7. The van der Waals surface area contributed by atoms with Gasteiger partial charge in [0.2, 0.25) is 11.7 Å². The van der Waals surface area contributed by atoms with Crippen molar-refractivity contribution in [2.45, 2.75) is 6.54 Å². The van der Waals surface area contributed by atoms with Crippen molar-refractivity contribution in [2.24, 2.45) is 0 Å². The van der Waals surface area contributed by atoms with Crippen molar-refractivity contribution in [3.63, 3.8) is 0 Å². The van der Waals surface area contributed by atoms with E-state index in [1.807, 2.05) is 0 Å². The molecule has 0 bridgehead atoms. The number of aromatic nitrogens is 2. The van der Waals surface area contributed by atoms with Gasteiger partial charge in [0.1, 0.15) is 6.54 Å². The Morgan fingerprint density at radius 2 is 2.03 bits per heavy atom. The highest BCUT2D eigenvalue weighted by Gasteiger charge is 2.18. The molecule has 30 heavy (non-hydrogen) atoms. The summed E-state index contributed by atoms with van der Waals surface area (Å²) in [4.78, 5) is 18.5. The first-order valence-corrected chi connectivity index (χ1v) is 9.39. The average Bonchev–Trinajstić information content (AvgIpc) is 3.21. The fraction of sp³-hybridized carbons (Fsp3) is 0.190. The number of hydrogen-bond acceptors (Lipinski definition) is 6. The van der Waals surface area contributed by atoms with Gasteiger partial charge in [0.25, 0.3) is 0 Å². The summed E-state index contributed by atoms with van der Waals surface area (Å²) in [6.07, 6.45) is 1.61. The second-order valence-corrected chi connectivity index (χ2v) is 6.63. The Hall–Kier alpha value is -3.52. The van der Waals surface area contributed by atoms with Crippen molar-refractivity contribution >= 4 is 23.3 Å². The molecule has 1 N–H and O–H groups in total. The van der Waals surface area contributed by atoms with Crippen molar-refractivity contribution < 1.29 is 18.8 Å². The predicted octanol–water partition coefficient (Wildman–Crippen LogP) is 4.63. The monoisotopic (exact) mass is 428 g/mol. The molecule has 0 spiro atoms. The largest absolute Gasteiger partial charge is 0.493 e. The maximum absolute atomic E-state index is 12.7. The van der Waals surface area contributed by atoms with Gasteiger partial charge in [0.15, 0.2) is 11.5 Å². The Morgan fingerprint density at radius 1 is 1.23 bits per heavy atom. The van der Waals surface area contributed by atoms with Gasteiger partial charge in [-0.25, -0.2) is 4.79 Å². The van der Waals surface area contributed by atoms with Gasteiger partial charge in [-0.3, -0.25) is 0 Å². The third-order valence-corrected chi connectivity index (χ3v) is 4.38. The van der Waals surface area contributed by atoms with Gasteiger partial charge in [-0.05, 0) is 36.4 Å². The third-order valence-electron chi connectivity index (χ3n) is 4.15. The first-order chi connectivity index (χ1) is 14.5. The van der Waals surface area contributed by atoms with Crippen molar-refractivity contribution in [3.8, 4) is 22.9 Å². The predicted molar refractivity (Wildman–Crippen MR) is 114 cm³/mol. The van der Waals surface area contributed by atoms with Crippen LogP contribution in [0.3, 0.4) is 0 Å². The molecule has 2 aromatic carbocycles. The highest BCUT2D eigenvalue weighted by atomic mass is 35.5. The zero-order valence-electron chi connectivity index (χ0n) is 16.6. The molecule has 3 aromatic rings. The molecule has 0 radical (unpaired) electrons. The van der Waals surface area contributed by atoms with E-state index in [0.29, 0.717) is 40.1 Å². The van der Waals surface area contributed by atoms with Crippen LogP contribution < -0.4 is 14.8 Å². The zero-order valence-corrected chi connectivity index (χ0v) is 17.3. The Balaban J connectivity index is 1.74. The molecule has 8 nitrogen and oxygen atoms in total. The van der Waals surface area contributed by atoms with E-state index in [0.717, 1.165) is 0 Å². The van der Waals surface area contributed by atoms with Crippen LogP contribution in [-0.4, -0.2) is 41.8 Å². The Labute approximate surface area is 179 Å². The van der Waals surface area contributed by atoms with E-state index >= 15 is 0 Å². The molecule has 2 amide bonds. The SMILES string of the molecule is C=CCN(Cc1nc(-c2ccc(OC)c(OC)c2)no1)C(=O)Nc1cccc(Cl)c1. The summed E-state index contributed by atoms with van der Waals surface area (Å²) in [6, 6.07) is 11.8. The molecule has 0 saturated carbocycles. The van der Waals surface area contributed by atoms with Gasteiger partial charge in [0, 0.05) is 22.8 Å². The molecular weight excluding hydrogens is 408 g/mol. The number of benzene rings is 2. The molecule has 0 unspecified atom stereocenters. The van der Waals surface area contributed by atoms with Crippen LogP contribution in [0, 0.1) is 0 Å². The smallest absolute Gasteiger partial charge is 0.322 e. The van der Waals surface area contributed by atoms with Crippen LogP contribution in [0.5, 0.6) is 11.5 Å². The Morgan fingerprint density at radius 3 is 2.73 bits per heavy atom. The van der Waals surface area contributed by atoms with Crippen LogP contribution in [0.25, 0.3) is 11.4 Å². The van der Waals surface area contributed by atoms with Crippen molar-refractivity contribution in [1.82, 2.24) is 15.0 Å². The minimum Gasteiger partial charge on any atom is -0.493 e. The van der Waals surface area contributed by atoms with E-state index in [9.17, 15) is 4.79 Å². The zero-order chi connectivity index (χ0) is 21.5. The van der Waals surface area contributed by atoms with Crippen LogP contribution >= 0.6 is 11.6 Å². The topological polar surface area (TPSA) is 89.7 Å². The molecule has 1 aromatic heterocycles. The molecule has 156 valence electrons. The third kappa shape index (κ3) is 5.09. The van der Waals surface area contributed by atoms with Crippen LogP contribution in [0.1, 0.15) is 5.89 Å². The second-order valence-electron chi connectivity index (χ2n) is 6.19. The molecular formula is C21H21ClN4O4. The molecule has 0 saturated heterocycles. The normalized spacial score (nSPS) is 10.4. The molecule has 9 heteroatoms. The van der Waals surface area contributed by atoms with Gasteiger partial charge in [-0.1, -0.05) is 28.9 Å². The fourth-order valence-corrected chi connectivity index (χ4v) is 2.91. The number of nitrogens with one attached hydrogen (secondary N) is 1. The van der Waals surface area contributed by atoms with Crippen molar-refractivity contribution in [1.29, 1.82) is 0 Å². The summed E-state index contributed by atoms with van der Waals surface area (Å²) in [5.74, 6) is 1.80. The maximum Gasteiger partial charge on any atom is 0.322 e. The van der Waals surface area contributed by atoms with Crippen LogP contribution in [0.4, 0.5) is 10.5 Å². The van der Waals surface area contributed by atoms with Gasteiger partial charge < -0.3 is 24.2 Å². The number of carbonyl (C=O) groups is 1. The summed E-state index contributed by atoms with van der Waals surface area (Å²) < 4.78 is 15.9. The lowest BCUT2D eigenvalue weighted by molar-refractivity contribution is 0.206. The van der Waals surface area contributed by atoms with E-state index in [2.05, 4.69) is 22.0 Å². The Kier molecular flexibility index (Phi) is 6.92. The van der Waals surface area contributed by atoms with Gasteiger partial charge in [0.05, 0.1) is 14.2 Å². The highest BCUT2D eigenvalue weighted by molar-refractivity contribution is 6.30. The number of methoxy groups -OCH3 is 2. The standard InChI is InChI=1S/C21H21ClN4O4/c1-4-10-26(21(27)23-16-7-5-6-15(22)12-16)13-19-24-20(25-30-19)14-8-9-17(28-2)18(11-14)29-3/h4-9,11-12H,1,10,13H2,2-3H3,(H,23,27). The minimum atomic E-state index is -0.344. The molecule has 0 aliphatic heterocycles. The summed E-state index contributed by atoms with van der Waals surface area (Å²) in [6.45, 7) is 4.10. The second kappa shape index (κ2) is 9.80. The number of anilines is 1. The molecule has 1 heterocycles. The number of ether oxygens (including phenoxy) is 2. The number of rotatable bonds is 8. The van der Waals surface area contributed by atoms with Crippen LogP contribution in [-0.2, 0) is 6.54 Å². The molecule has 0 aliphatic rings. The van der Waals surface area contributed by atoms with E-state index in [4.69, 9.17) is 25.6 Å². The average molecular weight is 429 g/mol. The first kappa shape index (κ1) is 21.2. The van der Waals surface area contributed by atoms with Crippen molar-refractivity contribution in [3.05, 3.63) is 66.0 Å². The summed E-state index contributed by atoms with van der Waals surface area (Å²) in [7, 11) is 3.11. The molecule has 3 rings (SSSR count). The quantitative estimate of drug-likeness (QED) is 0.526. The number of carbonyl (C=O) groups excluding carboxylic acids is 1. The lowest BCUT2D eigenvalue weighted by Gasteiger charge is -2.19. The molecule has 0 aliphatic carbocycles. The Bertz CT molecular complexity index is 1040. The van der Waals surface area contributed by atoms with Crippen LogP contribution in [0.15, 0.2) is 59.6 Å². The summed E-state index contributed by atoms with van der Waals surface area (Å²) in [5.41, 5.74) is 1.28. The number of amides is 2. The van der Waals surface area contributed by atoms with Gasteiger partial charge >= 0.3 is 6.03 Å². The lowest BCUT2D eigenvalue weighted by Crippen LogP contribution is -2.34. The van der Waals surface area contributed by atoms with Crippen molar-refractivity contribution in [2.75, 3.05) is 26.1 Å². The molecule has 0 fully saturated rings. The highest BCUT2D eigenvalue weighted by Crippen LogP contribution is 2.31. The number of nitrogens with zero attached hydrogens (tertiary/aromatic N) is 3. The van der Waals surface area contributed by atoms with E-state index in [-0.39, 0.29) is 18.5 Å². The van der Waals surface area contributed by atoms with E-state index in [1.54, 1.807) is 62.8 Å². The fourth-order valence-electron chi connectivity index (χ4n) is 2.72. The number of urea groups is 1. The number of halogens is 1. The minimum absolute atomic E-state index is 0.110. The molecule has 0 atom stereocenters. The van der Waals surface area contributed by atoms with Gasteiger partial charge in [-0.15, -0.1) is 6.58 Å². The summed E-state index contributed by atoms with van der Waals surface area (Å²) in [5, 5.41) is 7.32. The van der Waals surface area contributed by atoms with E-state index < -0.39 is 0 Å². The lowest BCUT2D eigenvalue weighted by atomic mass is 10.2. The van der Waals surface area contributed by atoms with Gasteiger partial charge in [-0.2, -0.15) is 4.98 Å². The number of hydrogen-bond donors (Lipinski definition) is 1. The van der Waals surface area contributed by atoms with E-state index in [1.165, 1.54) is 4.90 Å². The summed E-state index contributed by atoms with van der Waals surface area (Å²) >= 11 is 5.97. The van der Waals surface area contributed by atoms with Crippen LogP contribution in [0.2, 0.25) is 5.02 Å².